The van der Waals surface area contributed by atoms with Crippen LogP contribution in [0.4, 0.5) is 53.0 Å². The lowest BCUT2D eigenvalue weighted by Gasteiger charge is -2.35. The van der Waals surface area contributed by atoms with Crippen LogP contribution in [0, 0.1) is 0 Å². The van der Waals surface area contributed by atoms with Crippen LogP contribution >= 0.6 is 11.6 Å². The van der Waals surface area contributed by atoms with Gasteiger partial charge in [-0.2, -0.15) is 29.9 Å². The van der Waals surface area contributed by atoms with Crippen molar-refractivity contribution >= 4 is 65.9 Å². The van der Waals surface area contributed by atoms with E-state index in [1.807, 2.05) is 32.6 Å². The number of nitrogens with two attached hydrogens (primary N) is 1. The average Bonchev–Trinajstić information content (AvgIpc) is 3.89. The van der Waals surface area contributed by atoms with Crippen LogP contribution in [0.2, 0.25) is 5.28 Å². The summed E-state index contributed by atoms with van der Waals surface area (Å²) in [5, 5.41) is 0.257. The van der Waals surface area contributed by atoms with Gasteiger partial charge in [0.25, 0.3) is 12.9 Å². The van der Waals surface area contributed by atoms with Gasteiger partial charge < -0.3 is 58.5 Å². The molecule has 0 amide bonds. The molecular weight excluding hydrogens is 1020 g/mol. The fraction of sp³-hybridized carbons (Fsp3) is 0.653. The number of aromatic nitrogens is 8. The van der Waals surface area contributed by atoms with Gasteiger partial charge in [-0.1, -0.05) is 14.9 Å². The Labute approximate surface area is 447 Å². The summed E-state index contributed by atoms with van der Waals surface area (Å²) < 4.78 is 88.1. The van der Waals surface area contributed by atoms with Crippen molar-refractivity contribution in [2.45, 2.75) is 116 Å². The van der Waals surface area contributed by atoms with E-state index in [0.29, 0.717) is 88.6 Å². The predicted octanol–water partition coefficient (Wildman–Crippen LogP) is 6.20. The van der Waals surface area contributed by atoms with Crippen molar-refractivity contribution in [1.82, 2.24) is 44.8 Å². The number of nitrogens with zero attached hydrogens (tertiary/aromatic N) is 14. The molecule has 27 heteroatoms. The molecule has 11 heterocycles. The summed E-state index contributed by atoms with van der Waals surface area (Å²) >= 11 is 6.13. The predicted molar refractivity (Wildman–Crippen MR) is 284 cm³/mol. The number of hydrogen-bond donors (Lipinski definition) is 1. The van der Waals surface area contributed by atoms with Gasteiger partial charge in [0.1, 0.15) is 5.82 Å². The van der Waals surface area contributed by atoms with Gasteiger partial charge in [-0.15, -0.1) is 0 Å². The van der Waals surface area contributed by atoms with Crippen molar-refractivity contribution in [2.75, 3.05) is 118 Å². The van der Waals surface area contributed by atoms with Crippen molar-refractivity contribution in [2.24, 2.45) is 4.99 Å². The minimum absolute atomic E-state index is 0. The van der Waals surface area contributed by atoms with Crippen LogP contribution in [0.5, 0.6) is 0 Å². The molecule has 0 spiro atoms. The smallest absolute Gasteiger partial charge is 0.399 e. The Hall–Kier alpha value is -5.38. The highest BCUT2D eigenvalue weighted by atomic mass is 35.5. The van der Waals surface area contributed by atoms with Gasteiger partial charge in [0.15, 0.2) is 11.6 Å². The zero-order valence-corrected chi connectivity index (χ0v) is 43.2. The number of ether oxygens (including phenoxy) is 4. The summed E-state index contributed by atoms with van der Waals surface area (Å²) in [5.41, 5.74) is 4.43. The Balaban J connectivity index is 0.000000167. The van der Waals surface area contributed by atoms with Crippen LogP contribution in [0.15, 0.2) is 29.5 Å². The number of hydrogen-bond acceptors (Lipinski definition) is 20. The molecule has 7 aliphatic rings. The highest BCUT2D eigenvalue weighted by molar-refractivity contribution is 6.62. The van der Waals surface area contributed by atoms with E-state index in [9.17, 15) is 17.6 Å². The van der Waals surface area contributed by atoms with E-state index in [0.717, 1.165) is 52.0 Å². The SMILES string of the molecule is C.C.CN(C)C=Nc1cc(C(F)F)c(B2OC(C)(C)C(C)(C)O2)cn1.Clc1nc(N2CCOCC2)nc(N2C3CCC2COC3)n1.Nc1cc(C(F)F)c(-c2nc(N3CCOCC3)nc(N3C4CCC3COC4)n2)cn1. The molecule has 0 saturated carbocycles. The number of halogens is 5. The van der Waals surface area contributed by atoms with Crippen LogP contribution in [0.25, 0.3) is 11.4 Å². The first-order valence-electron chi connectivity index (χ1n) is 24.9. The van der Waals surface area contributed by atoms with E-state index >= 15 is 0 Å². The van der Waals surface area contributed by atoms with E-state index in [1.165, 1.54) is 30.9 Å². The largest absolute Gasteiger partial charge is 0.496 e. The van der Waals surface area contributed by atoms with Gasteiger partial charge in [-0.3, -0.25) is 0 Å². The van der Waals surface area contributed by atoms with Gasteiger partial charge >= 0.3 is 7.12 Å². The maximum Gasteiger partial charge on any atom is 0.496 e. The van der Waals surface area contributed by atoms with E-state index < -0.39 is 31.2 Å². The van der Waals surface area contributed by atoms with Crippen LogP contribution in [0.1, 0.15) is 92.2 Å². The molecule has 4 aromatic heterocycles. The molecule has 7 fully saturated rings. The van der Waals surface area contributed by atoms with E-state index in [4.69, 9.17) is 50.6 Å². The van der Waals surface area contributed by atoms with Crippen LogP contribution in [-0.2, 0) is 28.3 Å². The number of morpholine rings is 4. The lowest BCUT2D eigenvalue weighted by molar-refractivity contribution is 0.00578. The molecule has 4 unspecified atom stereocenters. The van der Waals surface area contributed by atoms with Crippen molar-refractivity contribution < 1.29 is 45.8 Å². The molecule has 7 saturated heterocycles. The second kappa shape index (κ2) is 25.0. The molecule has 4 aromatic rings. The van der Waals surface area contributed by atoms with Crippen molar-refractivity contribution in [3.8, 4) is 11.4 Å². The molecule has 0 aromatic carbocycles. The summed E-state index contributed by atoms with van der Waals surface area (Å²) in [7, 11) is 2.70. The molecule has 76 heavy (non-hydrogen) atoms. The number of pyridine rings is 2. The molecule has 4 bridgehead atoms. The lowest BCUT2D eigenvalue weighted by atomic mass is 9.77. The summed E-state index contributed by atoms with van der Waals surface area (Å²) in [6.45, 7) is 15.5. The maximum absolute atomic E-state index is 13.7. The molecular formula is C49H71BClF4N15O6. The second-order valence-electron chi connectivity index (χ2n) is 20.1. The van der Waals surface area contributed by atoms with Gasteiger partial charge in [0.2, 0.25) is 29.1 Å². The molecule has 4 atom stereocenters. The zero-order chi connectivity index (χ0) is 52.3. The highest BCUT2D eigenvalue weighted by Gasteiger charge is 2.53. The zero-order valence-electron chi connectivity index (χ0n) is 42.4. The molecule has 11 rings (SSSR count). The summed E-state index contributed by atoms with van der Waals surface area (Å²) in [4.78, 5) is 49.5. The summed E-state index contributed by atoms with van der Waals surface area (Å²) in [6, 6.07) is 3.52. The van der Waals surface area contributed by atoms with Gasteiger partial charge in [-0.05, 0) is 77.1 Å². The molecule has 2 N–H and O–H groups in total. The Morgan fingerprint density at radius 1 is 0.658 bits per heavy atom. The standard InChI is InChI=1S/C19H23F2N7O2.C15H22BF2N3O2.C13H18ClN5O2.2CH4/c20-16(21)13-7-15(22)23-8-14(13)17-24-18(27-3-5-29-6-4-27)26-19(25-17)28-11-1-2-12(28)10-30-9-11;1-14(2)15(3,4)23-16(22-14)11-8-19-12(20-9-21(5)6)7-10(11)13(17)18;14-11-15-12(18-3-5-20-6-4-18)17-13(16-11)19-9-1-2-10(19)8-21-7-9;;/h7-8,11-12,16H,1-6,9-10H2,(H2,22,23);7-9,13H,1-6H3;9-10H,1-8H2;2*1H4. The van der Waals surface area contributed by atoms with Crippen molar-refractivity contribution in [1.29, 1.82) is 0 Å². The maximum atomic E-state index is 13.7. The quantitative estimate of drug-likeness (QED) is 0.0810. The molecule has 21 nitrogen and oxygen atoms in total. The normalized spacial score (nSPS) is 23.5. The Morgan fingerprint density at radius 3 is 1.61 bits per heavy atom. The third-order valence-corrected chi connectivity index (χ3v) is 14.4. The fourth-order valence-electron chi connectivity index (χ4n) is 9.68. The third-order valence-electron chi connectivity index (χ3n) is 14.3. The first kappa shape index (κ1) is 58.3. The lowest BCUT2D eigenvalue weighted by Crippen LogP contribution is -2.47. The average molecular weight is 1090 g/mol. The number of rotatable bonds is 10. The van der Waals surface area contributed by atoms with Crippen LogP contribution < -0.4 is 30.8 Å². The van der Waals surface area contributed by atoms with Gasteiger partial charge in [0, 0.05) is 74.8 Å². The Bertz CT molecular complexity index is 2560. The number of aliphatic imine (C=N–C) groups is 1. The topological polar surface area (TPSA) is 213 Å². The second-order valence-corrected chi connectivity index (χ2v) is 20.4. The number of fused-ring (bicyclic) bond motifs is 4. The molecule has 0 aliphatic carbocycles. The summed E-state index contributed by atoms with van der Waals surface area (Å²) in [5.74, 6) is 2.72. The minimum atomic E-state index is -2.73. The highest BCUT2D eigenvalue weighted by Crippen LogP contribution is 2.39. The van der Waals surface area contributed by atoms with Gasteiger partial charge in [0.05, 0.1) is 94.6 Å². The van der Waals surface area contributed by atoms with E-state index in [2.05, 4.69) is 54.6 Å². The fourth-order valence-corrected chi connectivity index (χ4v) is 9.83. The first-order valence-corrected chi connectivity index (χ1v) is 25.3. The molecule has 0 radical (unpaired) electrons. The first-order chi connectivity index (χ1) is 35.4. The summed E-state index contributed by atoms with van der Waals surface area (Å²) in [6.07, 6.45) is 3.01. The van der Waals surface area contributed by atoms with Gasteiger partial charge in [-0.25, -0.2) is 32.5 Å². The van der Waals surface area contributed by atoms with Crippen LogP contribution in [0.3, 0.4) is 0 Å². The minimum Gasteiger partial charge on any atom is -0.399 e. The van der Waals surface area contributed by atoms with E-state index in [-0.39, 0.29) is 71.8 Å². The van der Waals surface area contributed by atoms with Crippen molar-refractivity contribution in [3.05, 3.63) is 40.9 Å². The number of alkyl halides is 4. The number of anilines is 5. The monoisotopic (exact) mass is 1090 g/mol. The molecule has 416 valence electrons. The van der Waals surface area contributed by atoms with E-state index in [1.54, 1.807) is 19.0 Å². The van der Waals surface area contributed by atoms with Crippen molar-refractivity contribution in [3.63, 3.8) is 0 Å². The van der Waals surface area contributed by atoms with Crippen LogP contribution in [-0.4, -0.2) is 187 Å². The number of nitrogen functional groups attached to an aromatic ring is 1. The third kappa shape index (κ3) is 13.1. The Kier molecular flexibility index (Phi) is 19.1. The molecule has 7 aliphatic heterocycles. The Morgan fingerprint density at radius 2 is 1.12 bits per heavy atom.